The fourth-order valence-electron chi connectivity index (χ4n) is 2.24. The van der Waals surface area contributed by atoms with Crippen molar-refractivity contribution in [2.75, 3.05) is 4.72 Å². The lowest BCUT2D eigenvalue weighted by molar-refractivity contribution is 0.601. The molecule has 0 fully saturated rings. The second-order valence-corrected chi connectivity index (χ2v) is 6.62. The molecule has 0 aliphatic carbocycles. The molecule has 0 unspecified atom stereocenters. The summed E-state index contributed by atoms with van der Waals surface area (Å²) in [7, 11) is -1.94. The highest BCUT2D eigenvalue weighted by atomic mass is 32.2. The van der Waals surface area contributed by atoms with E-state index in [9.17, 15) is 8.42 Å². The second-order valence-electron chi connectivity index (χ2n) is 4.94. The molecule has 0 bridgehead atoms. The van der Waals surface area contributed by atoms with Crippen LogP contribution in [0.3, 0.4) is 0 Å². The zero-order chi connectivity index (χ0) is 15.9. The van der Waals surface area contributed by atoms with Crippen LogP contribution in [-0.4, -0.2) is 33.0 Å². The molecule has 22 heavy (non-hydrogen) atoms. The van der Waals surface area contributed by atoms with E-state index in [1.807, 2.05) is 13.8 Å². The number of nitrogens with zero attached hydrogens (tertiary/aromatic N) is 5. The average Bonchev–Trinajstić information content (AvgIpc) is 3.03. The SMILES string of the molecule is CCn1cc(NS(=O)(=O)c2cnc3c(c2)c(C)nn3C)cn1. The smallest absolute Gasteiger partial charge is 0.263 e. The minimum atomic E-state index is -3.71. The van der Waals surface area contributed by atoms with Gasteiger partial charge in [-0.15, -0.1) is 0 Å². The third-order valence-electron chi connectivity index (χ3n) is 3.36. The zero-order valence-electron chi connectivity index (χ0n) is 12.5. The van der Waals surface area contributed by atoms with Crippen molar-refractivity contribution in [2.45, 2.75) is 25.3 Å². The predicted molar refractivity (Wildman–Crippen MR) is 82.0 cm³/mol. The summed E-state index contributed by atoms with van der Waals surface area (Å²) in [4.78, 5) is 4.29. The Morgan fingerprint density at radius 1 is 1.32 bits per heavy atom. The maximum Gasteiger partial charge on any atom is 0.263 e. The van der Waals surface area contributed by atoms with Crippen LogP contribution in [0.5, 0.6) is 0 Å². The fraction of sp³-hybridized carbons (Fsp3) is 0.308. The van der Waals surface area contributed by atoms with E-state index in [-0.39, 0.29) is 4.90 Å². The number of anilines is 1. The number of pyridine rings is 1. The number of rotatable bonds is 4. The van der Waals surface area contributed by atoms with Crippen LogP contribution in [0, 0.1) is 6.92 Å². The van der Waals surface area contributed by atoms with Gasteiger partial charge in [-0.05, 0) is 19.9 Å². The van der Waals surface area contributed by atoms with Crippen molar-refractivity contribution in [1.29, 1.82) is 0 Å². The number of hydrogen-bond acceptors (Lipinski definition) is 5. The lowest BCUT2D eigenvalue weighted by Gasteiger charge is -2.05. The van der Waals surface area contributed by atoms with Gasteiger partial charge in [0.2, 0.25) is 0 Å². The summed E-state index contributed by atoms with van der Waals surface area (Å²) in [6, 6.07) is 1.58. The Labute approximate surface area is 127 Å². The van der Waals surface area contributed by atoms with E-state index in [4.69, 9.17) is 0 Å². The number of nitrogens with one attached hydrogen (secondary N) is 1. The van der Waals surface area contributed by atoms with Gasteiger partial charge in [-0.3, -0.25) is 14.1 Å². The number of fused-ring (bicyclic) bond motifs is 1. The molecule has 0 amide bonds. The van der Waals surface area contributed by atoms with Crippen molar-refractivity contribution < 1.29 is 8.42 Å². The summed E-state index contributed by atoms with van der Waals surface area (Å²) in [5.41, 5.74) is 1.81. The van der Waals surface area contributed by atoms with E-state index >= 15 is 0 Å². The van der Waals surface area contributed by atoms with Crippen LogP contribution in [0.2, 0.25) is 0 Å². The van der Waals surface area contributed by atoms with Crippen LogP contribution in [-0.2, 0) is 23.6 Å². The van der Waals surface area contributed by atoms with Gasteiger partial charge in [0.05, 0.1) is 17.6 Å². The highest BCUT2D eigenvalue weighted by Gasteiger charge is 2.18. The molecule has 0 aromatic carbocycles. The normalized spacial score (nSPS) is 12.0. The maximum atomic E-state index is 12.4. The minimum Gasteiger partial charge on any atom is -0.276 e. The fourth-order valence-corrected chi connectivity index (χ4v) is 3.24. The van der Waals surface area contributed by atoms with Crippen molar-refractivity contribution in [1.82, 2.24) is 24.5 Å². The van der Waals surface area contributed by atoms with Gasteiger partial charge in [0.15, 0.2) is 5.65 Å². The molecule has 8 nitrogen and oxygen atoms in total. The van der Waals surface area contributed by atoms with E-state index in [1.54, 1.807) is 28.7 Å². The minimum absolute atomic E-state index is 0.0975. The zero-order valence-corrected chi connectivity index (χ0v) is 13.3. The van der Waals surface area contributed by atoms with Crippen LogP contribution in [0.15, 0.2) is 29.6 Å². The first-order valence-electron chi connectivity index (χ1n) is 6.75. The van der Waals surface area contributed by atoms with Crippen molar-refractivity contribution in [3.8, 4) is 0 Å². The Kier molecular flexibility index (Phi) is 3.36. The summed E-state index contributed by atoms with van der Waals surface area (Å²) in [5, 5.41) is 9.00. The molecule has 0 atom stereocenters. The molecule has 0 saturated carbocycles. The van der Waals surface area contributed by atoms with Crippen LogP contribution in [0.1, 0.15) is 12.6 Å². The molecule has 3 heterocycles. The highest BCUT2D eigenvalue weighted by Crippen LogP contribution is 2.21. The van der Waals surface area contributed by atoms with Gasteiger partial charge >= 0.3 is 0 Å². The van der Waals surface area contributed by atoms with Crippen LogP contribution in [0.4, 0.5) is 5.69 Å². The van der Waals surface area contributed by atoms with E-state index in [1.165, 1.54) is 12.4 Å². The average molecular weight is 320 g/mol. The molecule has 3 aromatic heterocycles. The Morgan fingerprint density at radius 2 is 2.09 bits per heavy atom. The first kappa shape index (κ1) is 14.5. The van der Waals surface area contributed by atoms with Gasteiger partial charge in [0, 0.05) is 31.4 Å². The lowest BCUT2D eigenvalue weighted by atomic mass is 10.3. The highest BCUT2D eigenvalue weighted by molar-refractivity contribution is 7.92. The third-order valence-corrected chi connectivity index (χ3v) is 4.71. The first-order chi connectivity index (χ1) is 10.4. The summed E-state index contributed by atoms with van der Waals surface area (Å²) >= 11 is 0. The van der Waals surface area contributed by atoms with Crippen LogP contribution in [0.25, 0.3) is 11.0 Å². The first-order valence-corrected chi connectivity index (χ1v) is 8.23. The van der Waals surface area contributed by atoms with Crippen molar-refractivity contribution in [3.63, 3.8) is 0 Å². The third kappa shape index (κ3) is 2.43. The summed E-state index contributed by atoms with van der Waals surface area (Å²) in [6.07, 6.45) is 4.44. The topological polar surface area (TPSA) is 94.7 Å². The van der Waals surface area contributed by atoms with Gasteiger partial charge in [0.25, 0.3) is 10.0 Å². The Morgan fingerprint density at radius 3 is 2.77 bits per heavy atom. The molecule has 0 radical (unpaired) electrons. The van der Waals surface area contributed by atoms with Gasteiger partial charge in [0.1, 0.15) is 4.90 Å². The Bertz CT molecular complexity index is 941. The van der Waals surface area contributed by atoms with Gasteiger partial charge < -0.3 is 0 Å². The number of aromatic nitrogens is 5. The number of aryl methyl sites for hydroxylation is 3. The van der Waals surface area contributed by atoms with E-state index in [0.29, 0.717) is 17.9 Å². The van der Waals surface area contributed by atoms with Crippen molar-refractivity contribution in [3.05, 3.63) is 30.4 Å². The molecule has 3 rings (SSSR count). The maximum absolute atomic E-state index is 12.4. The molecule has 0 saturated heterocycles. The monoisotopic (exact) mass is 320 g/mol. The quantitative estimate of drug-likeness (QED) is 0.781. The van der Waals surface area contributed by atoms with E-state index in [0.717, 1.165) is 11.1 Å². The molecule has 1 N–H and O–H groups in total. The molecular formula is C13H16N6O2S. The van der Waals surface area contributed by atoms with Gasteiger partial charge in [-0.1, -0.05) is 0 Å². The molecule has 9 heteroatoms. The second kappa shape index (κ2) is 5.09. The lowest BCUT2D eigenvalue weighted by Crippen LogP contribution is -2.13. The van der Waals surface area contributed by atoms with Crippen molar-refractivity contribution in [2.24, 2.45) is 7.05 Å². The summed E-state index contributed by atoms with van der Waals surface area (Å²) in [5.74, 6) is 0. The van der Waals surface area contributed by atoms with Crippen LogP contribution < -0.4 is 4.72 Å². The Hall–Kier alpha value is -2.42. The molecule has 0 aliphatic heterocycles. The number of hydrogen-bond donors (Lipinski definition) is 1. The molecule has 0 aliphatic rings. The van der Waals surface area contributed by atoms with E-state index in [2.05, 4.69) is 19.9 Å². The van der Waals surface area contributed by atoms with Gasteiger partial charge in [-0.2, -0.15) is 10.2 Å². The molecule has 3 aromatic rings. The number of sulfonamides is 1. The van der Waals surface area contributed by atoms with Crippen molar-refractivity contribution >= 4 is 26.7 Å². The molecule has 116 valence electrons. The largest absolute Gasteiger partial charge is 0.276 e. The summed E-state index contributed by atoms with van der Waals surface area (Å²) < 4.78 is 30.7. The summed E-state index contributed by atoms with van der Waals surface area (Å²) in [6.45, 7) is 4.41. The predicted octanol–water partition coefficient (Wildman–Crippen LogP) is 1.29. The Balaban J connectivity index is 1.99. The molecular weight excluding hydrogens is 304 g/mol. The van der Waals surface area contributed by atoms with E-state index < -0.39 is 10.0 Å². The van der Waals surface area contributed by atoms with Gasteiger partial charge in [-0.25, -0.2) is 13.4 Å². The van der Waals surface area contributed by atoms with Crippen LogP contribution >= 0.6 is 0 Å². The molecule has 0 spiro atoms. The standard InChI is InChI=1S/C13H16N6O2S/c1-4-19-8-10(6-15-19)17-22(20,21)11-5-12-9(2)16-18(3)13(12)14-7-11/h5-8,17H,4H2,1-3H3.